The van der Waals surface area contributed by atoms with Crippen LogP contribution in [0.2, 0.25) is 0 Å². The highest BCUT2D eigenvalue weighted by atomic mass is 16.3. The minimum absolute atomic E-state index is 0.115. The first-order chi connectivity index (χ1) is 13.1. The summed E-state index contributed by atoms with van der Waals surface area (Å²) in [6, 6.07) is 6.79. The third-order valence-corrected chi connectivity index (χ3v) is 4.52. The molecule has 1 N–H and O–H groups in total. The number of amides is 3. The Morgan fingerprint density at radius 2 is 1.74 bits per heavy atom. The first-order valence-electron chi connectivity index (χ1n) is 9.14. The average Bonchev–Trinajstić information content (AvgIpc) is 3.37. The molecular weight excluding hydrogens is 348 g/mol. The van der Waals surface area contributed by atoms with Gasteiger partial charge in [-0.3, -0.25) is 14.4 Å². The van der Waals surface area contributed by atoms with Crippen molar-refractivity contribution in [2.75, 3.05) is 32.7 Å². The zero-order chi connectivity index (χ0) is 19.2. The van der Waals surface area contributed by atoms with Crippen LogP contribution in [0.5, 0.6) is 0 Å². The van der Waals surface area contributed by atoms with Gasteiger partial charge in [-0.25, -0.2) is 0 Å². The number of carbonyl (C=O) groups excluding carboxylic acids is 3. The molecule has 2 aromatic rings. The third kappa shape index (κ3) is 4.39. The molecule has 0 aromatic carbocycles. The van der Waals surface area contributed by atoms with Gasteiger partial charge in [0.2, 0.25) is 5.91 Å². The fourth-order valence-corrected chi connectivity index (χ4v) is 3.05. The van der Waals surface area contributed by atoms with E-state index in [0.29, 0.717) is 44.2 Å². The molecule has 0 bridgehead atoms. The van der Waals surface area contributed by atoms with Crippen molar-refractivity contribution in [1.29, 1.82) is 0 Å². The SMILES string of the molecule is CCCNC(=O)Cn1cccc1C(=O)N1CCN(C(=O)c2ccco2)CC1. The number of rotatable bonds is 6. The zero-order valence-electron chi connectivity index (χ0n) is 15.4. The normalized spacial score (nSPS) is 14.3. The van der Waals surface area contributed by atoms with E-state index in [9.17, 15) is 14.4 Å². The number of carbonyl (C=O) groups is 3. The van der Waals surface area contributed by atoms with Crippen LogP contribution in [-0.4, -0.2) is 64.8 Å². The molecule has 1 aliphatic rings. The van der Waals surface area contributed by atoms with Gasteiger partial charge in [-0.05, 0) is 30.7 Å². The van der Waals surface area contributed by atoms with Crippen LogP contribution in [-0.2, 0) is 11.3 Å². The molecule has 0 aliphatic carbocycles. The summed E-state index contributed by atoms with van der Waals surface area (Å²) in [5.41, 5.74) is 0.479. The molecule has 1 fully saturated rings. The quantitative estimate of drug-likeness (QED) is 0.825. The molecule has 1 saturated heterocycles. The second kappa shape index (κ2) is 8.57. The van der Waals surface area contributed by atoms with E-state index in [0.717, 1.165) is 6.42 Å². The maximum Gasteiger partial charge on any atom is 0.289 e. The maximum atomic E-state index is 12.8. The average molecular weight is 372 g/mol. The van der Waals surface area contributed by atoms with Gasteiger partial charge in [-0.15, -0.1) is 0 Å². The summed E-state index contributed by atoms with van der Waals surface area (Å²) in [5, 5.41) is 2.81. The summed E-state index contributed by atoms with van der Waals surface area (Å²) in [7, 11) is 0. The summed E-state index contributed by atoms with van der Waals surface area (Å²) < 4.78 is 6.81. The van der Waals surface area contributed by atoms with Gasteiger partial charge < -0.3 is 24.1 Å². The van der Waals surface area contributed by atoms with E-state index in [1.54, 1.807) is 44.8 Å². The Hall–Kier alpha value is -3.03. The summed E-state index contributed by atoms with van der Waals surface area (Å²) in [5.74, 6) is -0.103. The lowest BCUT2D eigenvalue weighted by Crippen LogP contribution is -2.50. The van der Waals surface area contributed by atoms with E-state index in [2.05, 4.69) is 5.32 Å². The van der Waals surface area contributed by atoms with Crippen molar-refractivity contribution in [2.45, 2.75) is 19.9 Å². The number of furan rings is 1. The highest BCUT2D eigenvalue weighted by Crippen LogP contribution is 2.13. The van der Waals surface area contributed by atoms with Crippen molar-refractivity contribution in [3.8, 4) is 0 Å². The van der Waals surface area contributed by atoms with Crippen molar-refractivity contribution in [2.24, 2.45) is 0 Å². The summed E-state index contributed by atoms with van der Waals surface area (Å²) in [6.07, 6.45) is 4.07. The largest absolute Gasteiger partial charge is 0.459 e. The molecule has 0 unspecified atom stereocenters. The Bertz CT molecular complexity index is 789. The maximum absolute atomic E-state index is 12.8. The Balaban J connectivity index is 1.57. The fraction of sp³-hybridized carbons (Fsp3) is 0.421. The first-order valence-corrected chi connectivity index (χ1v) is 9.14. The van der Waals surface area contributed by atoms with Crippen LogP contribution in [0.4, 0.5) is 0 Å². The van der Waals surface area contributed by atoms with E-state index >= 15 is 0 Å². The number of nitrogens with one attached hydrogen (secondary N) is 1. The molecule has 2 aromatic heterocycles. The van der Waals surface area contributed by atoms with Crippen LogP contribution in [0.1, 0.15) is 34.4 Å². The first kappa shape index (κ1) is 18.8. The van der Waals surface area contributed by atoms with Crippen molar-refractivity contribution >= 4 is 17.7 Å². The molecule has 0 radical (unpaired) electrons. The van der Waals surface area contributed by atoms with E-state index < -0.39 is 0 Å². The van der Waals surface area contributed by atoms with Crippen LogP contribution in [0.15, 0.2) is 41.1 Å². The summed E-state index contributed by atoms with van der Waals surface area (Å²) >= 11 is 0. The molecule has 0 spiro atoms. The van der Waals surface area contributed by atoms with Gasteiger partial charge in [-0.1, -0.05) is 6.92 Å². The van der Waals surface area contributed by atoms with Gasteiger partial charge in [0.15, 0.2) is 5.76 Å². The predicted octanol–water partition coefficient (Wildman–Crippen LogP) is 1.21. The van der Waals surface area contributed by atoms with Crippen LogP contribution in [0.3, 0.4) is 0 Å². The van der Waals surface area contributed by atoms with E-state index in [1.165, 1.54) is 6.26 Å². The van der Waals surface area contributed by atoms with Crippen LogP contribution in [0.25, 0.3) is 0 Å². The lowest BCUT2D eigenvalue weighted by molar-refractivity contribution is -0.121. The van der Waals surface area contributed by atoms with Gasteiger partial charge in [-0.2, -0.15) is 0 Å². The van der Waals surface area contributed by atoms with Crippen molar-refractivity contribution < 1.29 is 18.8 Å². The minimum Gasteiger partial charge on any atom is -0.459 e. The number of nitrogens with zero attached hydrogens (tertiary/aromatic N) is 3. The van der Waals surface area contributed by atoms with Gasteiger partial charge in [0, 0.05) is 38.9 Å². The summed E-state index contributed by atoms with van der Waals surface area (Å²) in [6.45, 7) is 4.50. The molecule has 8 heteroatoms. The van der Waals surface area contributed by atoms with Gasteiger partial charge >= 0.3 is 0 Å². The molecule has 27 heavy (non-hydrogen) atoms. The second-order valence-electron chi connectivity index (χ2n) is 6.43. The molecule has 144 valence electrons. The Morgan fingerprint density at radius 1 is 1.04 bits per heavy atom. The summed E-state index contributed by atoms with van der Waals surface area (Å²) in [4.78, 5) is 40.5. The monoisotopic (exact) mass is 372 g/mol. The van der Waals surface area contributed by atoms with E-state index in [4.69, 9.17) is 4.42 Å². The molecular formula is C19H24N4O4. The predicted molar refractivity (Wildman–Crippen MR) is 98.2 cm³/mol. The molecule has 0 saturated carbocycles. The van der Waals surface area contributed by atoms with Gasteiger partial charge in [0.25, 0.3) is 11.8 Å². The third-order valence-electron chi connectivity index (χ3n) is 4.52. The molecule has 3 heterocycles. The molecule has 0 atom stereocenters. The zero-order valence-corrected chi connectivity index (χ0v) is 15.4. The Morgan fingerprint density at radius 3 is 2.37 bits per heavy atom. The Kier molecular flexibility index (Phi) is 5.95. The fourth-order valence-electron chi connectivity index (χ4n) is 3.05. The van der Waals surface area contributed by atoms with Gasteiger partial charge in [0.1, 0.15) is 12.2 Å². The van der Waals surface area contributed by atoms with Crippen molar-refractivity contribution in [3.05, 3.63) is 48.2 Å². The molecule has 1 aliphatic heterocycles. The van der Waals surface area contributed by atoms with E-state index in [1.807, 2.05) is 6.92 Å². The molecule has 8 nitrogen and oxygen atoms in total. The van der Waals surface area contributed by atoms with Crippen molar-refractivity contribution in [3.63, 3.8) is 0 Å². The molecule has 3 rings (SSSR count). The lowest BCUT2D eigenvalue weighted by Gasteiger charge is -2.34. The number of aromatic nitrogens is 1. The molecule has 3 amide bonds. The topological polar surface area (TPSA) is 87.8 Å². The van der Waals surface area contributed by atoms with Crippen LogP contribution in [0, 0.1) is 0 Å². The van der Waals surface area contributed by atoms with E-state index in [-0.39, 0.29) is 24.3 Å². The number of piperazine rings is 1. The standard InChI is InChI=1S/C19H24N4O4/c1-2-7-20-17(24)14-23-8-3-5-15(23)18(25)21-9-11-22(12-10-21)19(26)16-6-4-13-27-16/h3-6,8,13H,2,7,9-12,14H2,1H3,(H,20,24). The number of hydrogen-bond acceptors (Lipinski definition) is 4. The Labute approximate surface area is 157 Å². The smallest absolute Gasteiger partial charge is 0.289 e. The highest BCUT2D eigenvalue weighted by Gasteiger charge is 2.27. The lowest BCUT2D eigenvalue weighted by atomic mass is 10.2. The van der Waals surface area contributed by atoms with Crippen molar-refractivity contribution in [1.82, 2.24) is 19.7 Å². The highest BCUT2D eigenvalue weighted by molar-refractivity contribution is 5.94. The van der Waals surface area contributed by atoms with Gasteiger partial charge in [0.05, 0.1) is 6.26 Å². The van der Waals surface area contributed by atoms with Crippen LogP contribution < -0.4 is 5.32 Å². The minimum atomic E-state index is -0.164. The number of hydrogen-bond donors (Lipinski definition) is 1. The second-order valence-corrected chi connectivity index (χ2v) is 6.43. The van der Waals surface area contributed by atoms with Crippen LogP contribution >= 0.6 is 0 Å².